The van der Waals surface area contributed by atoms with Gasteiger partial charge in [0.05, 0.1) is 34.4 Å². The first kappa shape index (κ1) is 25.8. The minimum atomic E-state index is -3.22. The van der Waals surface area contributed by atoms with E-state index in [0.717, 1.165) is 24.2 Å². The van der Waals surface area contributed by atoms with Crippen molar-refractivity contribution in [3.63, 3.8) is 0 Å². The number of benzene rings is 3. The molecule has 0 bridgehead atoms. The zero-order valence-electron chi connectivity index (χ0n) is 21.4. The fourth-order valence-electron chi connectivity index (χ4n) is 4.40. The first-order chi connectivity index (χ1) is 18.5. The van der Waals surface area contributed by atoms with Crippen molar-refractivity contribution >= 4 is 22.6 Å². The Kier molecular flexibility index (Phi) is 6.51. The molecule has 0 amide bonds. The highest BCUT2D eigenvalue weighted by Crippen LogP contribution is 2.36. The van der Waals surface area contributed by atoms with E-state index < -0.39 is 23.4 Å². The summed E-state index contributed by atoms with van der Waals surface area (Å²) >= 11 is 0. The molecule has 2 N–H and O–H groups in total. The van der Waals surface area contributed by atoms with Crippen LogP contribution in [0.5, 0.6) is 0 Å². The smallest absolute Gasteiger partial charge is 0.337 e. The number of alkyl halides is 2. The van der Waals surface area contributed by atoms with Gasteiger partial charge in [-0.05, 0) is 50.2 Å². The number of carboxylic acid groups (broad SMARTS) is 1. The number of aromatic carboxylic acids is 1. The number of hydrogen-bond acceptors (Lipinski definition) is 5. The molecule has 0 aliphatic rings. The van der Waals surface area contributed by atoms with E-state index in [4.69, 9.17) is 4.42 Å². The Bertz CT molecular complexity index is 1750. The highest BCUT2D eigenvalue weighted by molar-refractivity contribution is 5.94. The van der Waals surface area contributed by atoms with E-state index in [2.05, 4.69) is 10.4 Å². The van der Waals surface area contributed by atoms with Crippen LogP contribution in [0.1, 0.15) is 46.9 Å². The third-order valence-corrected chi connectivity index (χ3v) is 6.53. The Morgan fingerprint density at radius 2 is 1.82 bits per heavy atom. The van der Waals surface area contributed by atoms with Gasteiger partial charge in [-0.3, -0.25) is 4.79 Å². The summed E-state index contributed by atoms with van der Waals surface area (Å²) in [5, 5.41) is 17.0. The Labute approximate surface area is 222 Å². The molecule has 2 heterocycles. The molecule has 198 valence electrons. The van der Waals surface area contributed by atoms with Crippen molar-refractivity contribution in [2.75, 3.05) is 5.32 Å². The number of carboxylic acids is 1. The number of anilines is 1. The van der Waals surface area contributed by atoms with Gasteiger partial charge in [-0.1, -0.05) is 29.8 Å². The number of para-hydroxylation sites is 1. The van der Waals surface area contributed by atoms with Crippen LogP contribution < -0.4 is 10.7 Å². The maximum absolute atomic E-state index is 14.4. The van der Waals surface area contributed by atoms with Crippen molar-refractivity contribution in [1.29, 1.82) is 0 Å². The molecular formula is C30H25F2N3O4. The lowest BCUT2D eigenvalue weighted by atomic mass is 9.97. The van der Waals surface area contributed by atoms with Gasteiger partial charge in [0.1, 0.15) is 11.3 Å². The van der Waals surface area contributed by atoms with Crippen LogP contribution in [-0.4, -0.2) is 20.9 Å². The standard InChI is InChI=1S/C30H25F2N3O4/c1-17-8-10-21(11-9-17)35-16-19(15-33-35)27-14-26(36)24-13-20(30(3,31)32)12-23(28(24)39-27)18(2)34-25-7-5-4-6-22(25)29(37)38/h4-16,18,34H,1-3H3,(H,37,38). The second kappa shape index (κ2) is 9.83. The van der Waals surface area contributed by atoms with Gasteiger partial charge >= 0.3 is 5.97 Å². The summed E-state index contributed by atoms with van der Waals surface area (Å²) in [7, 11) is 0. The van der Waals surface area contributed by atoms with Crippen LogP contribution in [0.3, 0.4) is 0 Å². The van der Waals surface area contributed by atoms with Crippen LogP contribution >= 0.6 is 0 Å². The monoisotopic (exact) mass is 529 g/mol. The summed E-state index contributed by atoms with van der Waals surface area (Å²) in [6.07, 6.45) is 3.27. The predicted molar refractivity (Wildman–Crippen MR) is 145 cm³/mol. The molecule has 0 saturated heterocycles. The molecule has 5 rings (SSSR count). The highest BCUT2D eigenvalue weighted by atomic mass is 19.3. The van der Waals surface area contributed by atoms with Crippen LogP contribution in [0.4, 0.5) is 14.5 Å². The number of nitrogens with zero attached hydrogens (tertiary/aromatic N) is 2. The summed E-state index contributed by atoms with van der Waals surface area (Å²) in [6.45, 7) is 4.42. The van der Waals surface area contributed by atoms with Gasteiger partial charge in [-0.15, -0.1) is 0 Å². The van der Waals surface area contributed by atoms with Crippen molar-refractivity contribution in [3.8, 4) is 17.0 Å². The van der Waals surface area contributed by atoms with Crippen LogP contribution in [0.25, 0.3) is 28.0 Å². The van der Waals surface area contributed by atoms with E-state index in [0.29, 0.717) is 11.3 Å². The Balaban J connectivity index is 1.64. The van der Waals surface area contributed by atoms with Crippen LogP contribution in [0, 0.1) is 6.92 Å². The third-order valence-electron chi connectivity index (χ3n) is 6.53. The van der Waals surface area contributed by atoms with Crippen molar-refractivity contribution in [1.82, 2.24) is 9.78 Å². The Hall–Kier alpha value is -4.79. The van der Waals surface area contributed by atoms with Crippen molar-refractivity contribution in [2.45, 2.75) is 32.7 Å². The number of fused-ring (bicyclic) bond motifs is 1. The average molecular weight is 530 g/mol. The lowest BCUT2D eigenvalue weighted by molar-refractivity contribution is 0.0175. The Morgan fingerprint density at radius 3 is 2.51 bits per heavy atom. The molecule has 1 atom stereocenters. The van der Waals surface area contributed by atoms with Gasteiger partial charge < -0.3 is 14.8 Å². The fourth-order valence-corrected chi connectivity index (χ4v) is 4.40. The molecule has 39 heavy (non-hydrogen) atoms. The first-order valence-corrected chi connectivity index (χ1v) is 12.2. The number of nitrogens with one attached hydrogen (secondary N) is 1. The molecule has 7 nitrogen and oxygen atoms in total. The minimum absolute atomic E-state index is 0.00105. The topological polar surface area (TPSA) is 97.4 Å². The molecule has 9 heteroatoms. The van der Waals surface area contributed by atoms with Gasteiger partial charge in [0, 0.05) is 36.0 Å². The molecular weight excluding hydrogens is 504 g/mol. The van der Waals surface area contributed by atoms with E-state index in [1.54, 1.807) is 42.2 Å². The van der Waals surface area contributed by atoms with E-state index in [1.165, 1.54) is 18.2 Å². The number of aryl methyl sites for hydroxylation is 1. The molecule has 5 aromatic rings. The van der Waals surface area contributed by atoms with E-state index >= 15 is 0 Å². The summed E-state index contributed by atoms with van der Waals surface area (Å²) < 4.78 is 36.7. The van der Waals surface area contributed by atoms with E-state index in [9.17, 15) is 23.5 Å². The van der Waals surface area contributed by atoms with Crippen molar-refractivity contribution in [3.05, 3.63) is 112 Å². The van der Waals surface area contributed by atoms with Crippen LogP contribution in [0.15, 0.2) is 88.3 Å². The quantitative estimate of drug-likeness (QED) is 0.237. The van der Waals surface area contributed by atoms with Gasteiger partial charge in [-0.2, -0.15) is 5.10 Å². The number of rotatable bonds is 7. The molecule has 0 aliphatic carbocycles. The maximum Gasteiger partial charge on any atom is 0.337 e. The van der Waals surface area contributed by atoms with Gasteiger partial charge in [0.25, 0.3) is 5.92 Å². The molecule has 0 saturated carbocycles. The molecule has 3 aromatic carbocycles. The lowest BCUT2D eigenvalue weighted by Gasteiger charge is -2.21. The average Bonchev–Trinajstić information content (AvgIpc) is 3.38. The molecule has 2 aromatic heterocycles. The minimum Gasteiger partial charge on any atom is -0.478 e. The second-order valence-electron chi connectivity index (χ2n) is 9.53. The largest absolute Gasteiger partial charge is 0.478 e. The molecule has 0 spiro atoms. The summed E-state index contributed by atoms with van der Waals surface area (Å²) in [5.41, 5.74) is 2.36. The van der Waals surface area contributed by atoms with Crippen molar-refractivity contribution in [2.24, 2.45) is 0 Å². The Morgan fingerprint density at radius 1 is 1.10 bits per heavy atom. The van der Waals surface area contributed by atoms with Gasteiger partial charge in [0.15, 0.2) is 5.43 Å². The van der Waals surface area contributed by atoms with E-state index in [1.807, 2.05) is 31.2 Å². The predicted octanol–water partition coefficient (Wildman–Crippen LogP) is 6.94. The van der Waals surface area contributed by atoms with Gasteiger partial charge in [-0.25, -0.2) is 18.3 Å². The maximum atomic E-state index is 14.4. The molecule has 0 radical (unpaired) electrons. The molecule has 1 unspecified atom stereocenters. The van der Waals surface area contributed by atoms with Crippen molar-refractivity contribution < 1.29 is 23.1 Å². The number of halogens is 2. The summed E-state index contributed by atoms with van der Waals surface area (Å²) in [4.78, 5) is 24.9. The SMILES string of the molecule is Cc1ccc(-n2cc(-c3cc(=O)c4cc(C(C)(F)F)cc(C(C)Nc5ccccc5C(=O)O)c4o3)cn2)cc1. The van der Waals surface area contributed by atoms with E-state index in [-0.39, 0.29) is 33.4 Å². The second-order valence-corrected chi connectivity index (χ2v) is 9.53. The highest BCUT2D eigenvalue weighted by Gasteiger charge is 2.28. The normalized spacial score (nSPS) is 12.4. The zero-order valence-corrected chi connectivity index (χ0v) is 21.4. The lowest BCUT2D eigenvalue weighted by Crippen LogP contribution is -2.15. The molecule has 0 fully saturated rings. The summed E-state index contributed by atoms with van der Waals surface area (Å²) in [5.74, 6) is -4.13. The molecule has 0 aliphatic heterocycles. The first-order valence-electron chi connectivity index (χ1n) is 12.2. The summed E-state index contributed by atoms with van der Waals surface area (Å²) in [6, 6.07) is 17.0. The number of hydrogen-bond donors (Lipinski definition) is 2. The number of carbonyl (C=O) groups is 1. The number of aromatic nitrogens is 2. The fraction of sp³-hybridized carbons (Fsp3) is 0.167. The van der Waals surface area contributed by atoms with Gasteiger partial charge in [0.2, 0.25) is 0 Å². The van der Waals surface area contributed by atoms with Crippen LogP contribution in [0.2, 0.25) is 0 Å². The third kappa shape index (κ3) is 5.16. The van der Waals surface area contributed by atoms with Crippen LogP contribution in [-0.2, 0) is 5.92 Å². The zero-order chi connectivity index (χ0) is 27.9.